The van der Waals surface area contributed by atoms with Gasteiger partial charge in [0.2, 0.25) is 5.91 Å². The molecule has 2 aliphatic rings. The van der Waals surface area contributed by atoms with Crippen LogP contribution < -0.4 is 10.2 Å². The maximum atomic E-state index is 13.3. The summed E-state index contributed by atoms with van der Waals surface area (Å²) in [5.41, 5.74) is 2.29. The van der Waals surface area contributed by atoms with E-state index in [2.05, 4.69) is 17.1 Å². The van der Waals surface area contributed by atoms with E-state index in [-0.39, 0.29) is 11.8 Å². The normalized spacial score (nSPS) is 19.7. The SMILES string of the molecule is CC1CCN(c2ccc(NC(=O)[C@H](C)Cl)cc2C(=O)N2CCCCC2)CC1. The van der Waals surface area contributed by atoms with Crippen LogP contribution in [0.25, 0.3) is 0 Å². The quantitative estimate of drug-likeness (QED) is 0.785. The Balaban J connectivity index is 1.89. The number of carbonyl (C=O) groups excluding carboxylic acids is 2. The Labute approximate surface area is 167 Å². The molecule has 0 bridgehead atoms. The lowest BCUT2D eigenvalue weighted by molar-refractivity contribution is -0.115. The lowest BCUT2D eigenvalue weighted by Crippen LogP contribution is -2.38. The molecule has 0 saturated carbocycles. The fraction of sp³-hybridized carbons (Fsp3) is 0.619. The van der Waals surface area contributed by atoms with Crippen molar-refractivity contribution in [1.29, 1.82) is 0 Å². The second-order valence-corrected chi connectivity index (χ2v) is 8.51. The van der Waals surface area contributed by atoms with Gasteiger partial charge in [0.25, 0.3) is 5.91 Å². The summed E-state index contributed by atoms with van der Waals surface area (Å²) < 4.78 is 0. The van der Waals surface area contributed by atoms with Gasteiger partial charge in [-0.3, -0.25) is 9.59 Å². The molecule has 0 radical (unpaired) electrons. The highest BCUT2D eigenvalue weighted by molar-refractivity contribution is 6.32. The van der Waals surface area contributed by atoms with Crippen LogP contribution in [0.3, 0.4) is 0 Å². The summed E-state index contributed by atoms with van der Waals surface area (Å²) in [5, 5.41) is 2.20. The number of benzene rings is 1. The largest absolute Gasteiger partial charge is 0.371 e. The zero-order valence-electron chi connectivity index (χ0n) is 16.3. The molecule has 0 aromatic heterocycles. The standard InChI is InChI=1S/C21H30ClN3O2/c1-15-8-12-24(13-9-15)19-7-6-17(23-20(26)16(2)22)14-18(19)21(27)25-10-4-3-5-11-25/h6-7,14-16H,3-5,8-13H2,1-2H3,(H,23,26)/t16-/m0/s1. The summed E-state index contributed by atoms with van der Waals surface area (Å²) in [6, 6.07) is 5.67. The Hall–Kier alpha value is -1.75. The summed E-state index contributed by atoms with van der Waals surface area (Å²) in [7, 11) is 0. The molecule has 148 valence electrons. The second-order valence-electron chi connectivity index (χ2n) is 7.86. The smallest absolute Gasteiger partial charge is 0.256 e. The van der Waals surface area contributed by atoms with E-state index in [9.17, 15) is 9.59 Å². The van der Waals surface area contributed by atoms with Crippen molar-refractivity contribution in [2.75, 3.05) is 36.4 Å². The van der Waals surface area contributed by atoms with Crippen LogP contribution in [0.1, 0.15) is 56.3 Å². The van der Waals surface area contributed by atoms with Crippen molar-refractivity contribution in [2.45, 2.75) is 51.3 Å². The molecular weight excluding hydrogens is 362 g/mol. The highest BCUT2D eigenvalue weighted by Gasteiger charge is 2.25. The van der Waals surface area contributed by atoms with Crippen LogP contribution in [0.4, 0.5) is 11.4 Å². The van der Waals surface area contributed by atoms with Gasteiger partial charge < -0.3 is 15.1 Å². The van der Waals surface area contributed by atoms with Crippen LogP contribution in [0, 0.1) is 5.92 Å². The molecule has 1 aromatic rings. The van der Waals surface area contributed by atoms with Gasteiger partial charge in [-0.1, -0.05) is 6.92 Å². The van der Waals surface area contributed by atoms with E-state index in [0.717, 1.165) is 63.5 Å². The number of piperidine rings is 2. The molecule has 3 rings (SSSR count). The Kier molecular flexibility index (Phi) is 6.64. The molecule has 6 heteroatoms. The van der Waals surface area contributed by atoms with Gasteiger partial charge in [-0.2, -0.15) is 0 Å². The summed E-state index contributed by atoms with van der Waals surface area (Å²) >= 11 is 5.87. The topological polar surface area (TPSA) is 52.7 Å². The predicted octanol–water partition coefficient (Wildman–Crippen LogP) is 4.11. The lowest BCUT2D eigenvalue weighted by atomic mass is 9.97. The predicted molar refractivity (Wildman–Crippen MR) is 111 cm³/mol. The van der Waals surface area contributed by atoms with Crippen molar-refractivity contribution in [3.05, 3.63) is 23.8 Å². The molecule has 5 nitrogen and oxygen atoms in total. The van der Waals surface area contributed by atoms with Crippen LogP contribution in [0.2, 0.25) is 0 Å². The fourth-order valence-corrected chi connectivity index (χ4v) is 3.87. The van der Waals surface area contributed by atoms with Gasteiger partial charge in [0.1, 0.15) is 5.38 Å². The maximum absolute atomic E-state index is 13.3. The summed E-state index contributed by atoms with van der Waals surface area (Å²) in [4.78, 5) is 29.5. The third kappa shape index (κ3) is 4.95. The number of hydrogen-bond donors (Lipinski definition) is 1. The van der Waals surface area contributed by atoms with E-state index in [1.165, 1.54) is 6.42 Å². The zero-order chi connectivity index (χ0) is 19.4. The van der Waals surface area contributed by atoms with E-state index < -0.39 is 5.38 Å². The van der Waals surface area contributed by atoms with Gasteiger partial charge in [-0.15, -0.1) is 11.6 Å². The van der Waals surface area contributed by atoms with Crippen molar-refractivity contribution >= 4 is 34.8 Å². The van der Waals surface area contributed by atoms with Crippen LogP contribution in [-0.2, 0) is 4.79 Å². The van der Waals surface area contributed by atoms with Gasteiger partial charge in [-0.05, 0) is 63.1 Å². The van der Waals surface area contributed by atoms with Gasteiger partial charge in [0.15, 0.2) is 0 Å². The first-order valence-corrected chi connectivity index (χ1v) is 10.5. The Bertz CT molecular complexity index is 678. The molecule has 2 saturated heterocycles. The maximum Gasteiger partial charge on any atom is 0.256 e. The number of carbonyl (C=O) groups is 2. The van der Waals surface area contributed by atoms with E-state index >= 15 is 0 Å². The summed E-state index contributed by atoms with van der Waals surface area (Å²) in [5.74, 6) is 0.539. The highest BCUT2D eigenvalue weighted by atomic mass is 35.5. The van der Waals surface area contributed by atoms with E-state index in [1.54, 1.807) is 6.92 Å². The number of nitrogens with one attached hydrogen (secondary N) is 1. The molecule has 2 fully saturated rings. The van der Waals surface area contributed by atoms with Crippen LogP contribution >= 0.6 is 11.6 Å². The summed E-state index contributed by atoms with van der Waals surface area (Å²) in [6.45, 7) is 7.47. The molecule has 0 unspecified atom stereocenters. The molecular formula is C21H30ClN3O2. The second kappa shape index (κ2) is 8.96. The molecule has 0 spiro atoms. The first-order chi connectivity index (χ1) is 13.0. The minimum atomic E-state index is -0.616. The van der Waals surface area contributed by atoms with Gasteiger partial charge >= 0.3 is 0 Å². The number of likely N-dealkylation sites (tertiary alicyclic amines) is 1. The van der Waals surface area contributed by atoms with Crippen molar-refractivity contribution in [1.82, 2.24) is 4.90 Å². The Morgan fingerprint density at radius 3 is 2.41 bits per heavy atom. The van der Waals surface area contributed by atoms with E-state index in [1.807, 2.05) is 23.1 Å². The van der Waals surface area contributed by atoms with Crippen LogP contribution in [0.5, 0.6) is 0 Å². The van der Waals surface area contributed by atoms with Crippen LogP contribution in [-0.4, -0.2) is 48.3 Å². The Morgan fingerprint density at radius 2 is 1.78 bits per heavy atom. The molecule has 1 N–H and O–H groups in total. The molecule has 2 amide bonds. The van der Waals surface area contributed by atoms with E-state index in [4.69, 9.17) is 11.6 Å². The number of nitrogens with zero attached hydrogens (tertiary/aromatic N) is 2. The number of halogens is 1. The van der Waals surface area contributed by atoms with Crippen molar-refractivity contribution in [3.63, 3.8) is 0 Å². The molecule has 0 aliphatic carbocycles. The molecule has 1 atom stereocenters. The first-order valence-electron chi connectivity index (χ1n) is 10.1. The molecule has 27 heavy (non-hydrogen) atoms. The van der Waals surface area contributed by atoms with Gasteiger partial charge in [0, 0.05) is 37.6 Å². The van der Waals surface area contributed by atoms with Crippen molar-refractivity contribution < 1.29 is 9.59 Å². The third-order valence-corrected chi connectivity index (χ3v) is 5.82. The molecule has 2 aliphatic heterocycles. The highest BCUT2D eigenvalue weighted by Crippen LogP contribution is 2.30. The van der Waals surface area contributed by atoms with Crippen molar-refractivity contribution in [2.24, 2.45) is 5.92 Å². The number of alkyl halides is 1. The zero-order valence-corrected chi connectivity index (χ0v) is 17.1. The monoisotopic (exact) mass is 391 g/mol. The fourth-order valence-electron chi connectivity index (χ4n) is 3.82. The lowest BCUT2D eigenvalue weighted by Gasteiger charge is -2.35. The van der Waals surface area contributed by atoms with E-state index in [0.29, 0.717) is 11.3 Å². The number of hydrogen-bond acceptors (Lipinski definition) is 3. The molecule has 1 aromatic carbocycles. The van der Waals surface area contributed by atoms with Gasteiger partial charge in [0.05, 0.1) is 5.56 Å². The summed E-state index contributed by atoms with van der Waals surface area (Å²) in [6.07, 6.45) is 5.58. The number of rotatable bonds is 4. The average molecular weight is 392 g/mol. The number of amides is 2. The average Bonchev–Trinajstić information content (AvgIpc) is 2.68. The third-order valence-electron chi connectivity index (χ3n) is 5.62. The Morgan fingerprint density at radius 1 is 1.11 bits per heavy atom. The minimum Gasteiger partial charge on any atom is -0.371 e. The van der Waals surface area contributed by atoms with Crippen LogP contribution in [0.15, 0.2) is 18.2 Å². The minimum absolute atomic E-state index is 0.0679. The first kappa shape index (κ1) is 20.0. The van der Waals surface area contributed by atoms with Gasteiger partial charge in [-0.25, -0.2) is 0 Å². The number of anilines is 2. The molecule has 2 heterocycles. The van der Waals surface area contributed by atoms with Crippen molar-refractivity contribution in [3.8, 4) is 0 Å².